The third kappa shape index (κ3) is 3.32. The van der Waals surface area contributed by atoms with Gasteiger partial charge in [0.05, 0.1) is 17.2 Å². The maximum atomic E-state index is 11.4. The molecule has 0 aliphatic heterocycles. The zero-order chi connectivity index (χ0) is 14.8. The van der Waals surface area contributed by atoms with E-state index in [9.17, 15) is 8.42 Å². The van der Waals surface area contributed by atoms with E-state index in [1.807, 2.05) is 19.9 Å². The molecule has 0 saturated carbocycles. The van der Waals surface area contributed by atoms with E-state index in [0.717, 1.165) is 12.1 Å². The van der Waals surface area contributed by atoms with Crippen LogP contribution in [0.4, 0.5) is 0 Å². The van der Waals surface area contributed by atoms with E-state index in [1.165, 1.54) is 12.1 Å². The van der Waals surface area contributed by atoms with E-state index in [4.69, 9.17) is 15.4 Å². The molecule has 0 unspecified atom stereocenters. The number of nitrogens with zero attached hydrogens (tertiary/aromatic N) is 2. The molecule has 7 heteroatoms. The molecule has 2 aromatic rings. The first-order valence-electron chi connectivity index (χ1n) is 6.16. The Balaban J connectivity index is 2.50. The van der Waals surface area contributed by atoms with Crippen LogP contribution >= 0.6 is 10.7 Å². The summed E-state index contributed by atoms with van der Waals surface area (Å²) in [5, 5.41) is 4.30. The van der Waals surface area contributed by atoms with Crippen LogP contribution in [0.25, 0.3) is 5.69 Å². The van der Waals surface area contributed by atoms with Gasteiger partial charge in [-0.2, -0.15) is 5.10 Å². The molecule has 0 N–H and O–H groups in total. The van der Waals surface area contributed by atoms with Gasteiger partial charge in [0.25, 0.3) is 9.05 Å². The van der Waals surface area contributed by atoms with Crippen molar-refractivity contribution in [2.45, 2.75) is 25.2 Å². The Morgan fingerprint density at radius 3 is 2.65 bits per heavy atom. The van der Waals surface area contributed by atoms with Crippen molar-refractivity contribution in [1.29, 1.82) is 0 Å². The number of benzene rings is 1. The smallest absolute Gasteiger partial charge is 0.261 e. The summed E-state index contributed by atoms with van der Waals surface area (Å²) < 4.78 is 30.0. The summed E-state index contributed by atoms with van der Waals surface area (Å²) in [7, 11) is 1.58. The number of hydrogen-bond donors (Lipinski definition) is 0. The van der Waals surface area contributed by atoms with Gasteiger partial charge in [0, 0.05) is 22.9 Å². The Labute approximate surface area is 122 Å². The number of ether oxygens (including phenoxy) is 1. The molecular formula is C13H15ClN2O3S. The van der Waals surface area contributed by atoms with E-state index in [-0.39, 0.29) is 4.90 Å². The number of rotatable bonds is 5. The minimum Gasteiger partial charge on any atom is -0.491 e. The molecule has 5 nitrogen and oxygen atoms in total. The normalized spacial score (nSPS) is 11.6. The summed E-state index contributed by atoms with van der Waals surface area (Å²) in [4.78, 5) is 0.0119. The van der Waals surface area contributed by atoms with E-state index < -0.39 is 9.05 Å². The van der Waals surface area contributed by atoms with Crippen LogP contribution in [0.1, 0.15) is 19.0 Å². The first-order valence-corrected chi connectivity index (χ1v) is 8.47. The lowest BCUT2D eigenvalue weighted by atomic mass is 10.3. The largest absolute Gasteiger partial charge is 0.491 e. The van der Waals surface area contributed by atoms with Gasteiger partial charge in [-0.05, 0) is 31.5 Å². The van der Waals surface area contributed by atoms with Crippen LogP contribution in [0.5, 0.6) is 5.75 Å². The Morgan fingerprint density at radius 1 is 1.35 bits per heavy atom. The molecule has 1 aromatic carbocycles. The first kappa shape index (κ1) is 14.9. The highest BCUT2D eigenvalue weighted by Crippen LogP contribution is 2.28. The molecule has 0 spiro atoms. The summed E-state index contributed by atoms with van der Waals surface area (Å²) >= 11 is 0. The lowest BCUT2D eigenvalue weighted by Gasteiger charge is -2.12. The van der Waals surface area contributed by atoms with Crippen molar-refractivity contribution in [2.75, 3.05) is 6.61 Å². The fraction of sp³-hybridized carbons (Fsp3) is 0.308. The second kappa shape index (κ2) is 5.85. The Kier molecular flexibility index (Phi) is 4.35. The van der Waals surface area contributed by atoms with Crippen molar-refractivity contribution in [1.82, 2.24) is 9.78 Å². The molecule has 2 rings (SSSR count). The number of hydrogen-bond acceptors (Lipinski definition) is 4. The highest BCUT2D eigenvalue weighted by molar-refractivity contribution is 8.13. The number of aromatic nitrogens is 2. The molecule has 0 aliphatic rings. The van der Waals surface area contributed by atoms with E-state index >= 15 is 0 Å². The minimum absolute atomic E-state index is 0.0119. The van der Waals surface area contributed by atoms with Crippen LogP contribution in [0.2, 0.25) is 0 Å². The molecule has 0 fully saturated rings. The van der Waals surface area contributed by atoms with Gasteiger partial charge in [0.1, 0.15) is 11.4 Å². The van der Waals surface area contributed by atoms with Gasteiger partial charge in [-0.25, -0.2) is 13.1 Å². The van der Waals surface area contributed by atoms with E-state index in [1.54, 1.807) is 16.9 Å². The molecule has 0 atom stereocenters. The number of halogens is 1. The first-order chi connectivity index (χ1) is 9.41. The minimum atomic E-state index is -3.78. The summed E-state index contributed by atoms with van der Waals surface area (Å²) in [6, 6.07) is 6.35. The highest BCUT2D eigenvalue weighted by atomic mass is 35.7. The quantitative estimate of drug-likeness (QED) is 0.796. The van der Waals surface area contributed by atoms with Gasteiger partial charge < -0.3 is 4.74 Å². The number of aryl methyl sites for hydroxylation is 1. The summed E-state index contributed by atoms with van der Waals surface area (Å²) in [5.74, 6) is 0.441. The van der Waals surface area contributed by atoms with Gasteiger partial charge in [-0.15, -0.1) is 0 Å². The highest BCUT2D eigenvalue weighted by Gasteiger charge is 2.15. The third-order valence-electron chi connectivity index (χ3n) is 2.64. The molecule has 108 valence electrons. The van der Waals surface area contributed by atoms with Gasteiger partial charge in [-0.3, -0.25) is 0 Å². The zero-order valence-electron chi connectivity index (χ0n) is 11.2. The molecule has 0 aliphatic carbocycles. The summed E-state index contributed by atoms with van der Waals surface area (Å²) in [6.07, 6.45) is 2.60. The van der Waals surface area contributed by atoms with Crippen molar-refractivity contribution in [3.05, 3.63) is 36.2 Å². The average Bonchev–Trinajstić information content (AvgIpc) is 2.81. The molecule has 1 heterocycles. The third-order valence-corrected chi connectivity index (χ3v) is 4.00. The molecule has 1 aromatic heterocycles. The van der Waals surface area contributed by atoms with Crippen molar-refractivity contribution >= 4 is 19.7 Å². The second-order valence-electron chi connectivity index (χ2n) is 4.32. The SMILES string of the molecule is CCCOc1cc(S(=O)(=O)Cl)ccc1-n1ccc(C)n1. The van der Waals surface area contributed by atoms with Crippen molar-refractivity contribution in [2.24, 2.45) is 0 Å². The van der Waals surface area contributed by atoms with Crippen molar-refractivity contribution in [3.63, 3.8) is 0 Å². The molecular weight excluding hydrogens is 300 g/mol. The summed E-state index contributed by atoms with van der Waals surface area (Å²) in [5.41, 5.74) is 1.54. The van der Waals surface area contributed by atoms with Gasteiger partial charge in [0.2, 0.25) is 0 Å². The molecule has 0 saturated heterocycles. The standard InChI is InChI=1S/C13H15ClN2O3S/c1-3-8-19-13-9-11(20(14,17)18)4-5-12(13)16-7-6-10(2)15-16/h4-7,9H,3,8H2,1-2H3. The van der Waals surface area contributed by atoms with Crippen LogP contribution < -0.4 is 4.74 Å². The van der Waals surface area contributed by atoms with E-state index in [2.05, 4.69) is 5.10 Å². The fourth-order valence-corrected chi connectivity index (χ4v) is 2.48. The van der Waals surface area contributed by atoms with Gasteiger partial charge in [0.15, 0.2) is 0 Å². The lowest BCUT2D eigenvalue weighted by Crippen LogP contribution is -2.04. The van der Waals surface area contributed by atoms with E-state index in [0.29, 0.717) is 18.0 Å². The Hall–Kier alpha value is -1.53. The van der Waals surface area contributed by atoms with Crippen LogP contribution in [-0.2, 0) is 9.05 Å². The maximum absolute atomic E-state index is 11.4. The molecule has 0 amide bonds. The second-order valence-corrected chi connectivity index (χ2v) is 6.88. The predicted octanol–water partition coefficient (Wildman–Crippen LogP) is 2.90. The molecule has 0 bridgehead atoms. The lowest BCUT2D eigenvalue weighted by molar-refractivity contribution is 0.315. The monoisotopic (exact) mass is 314 g/mol. The fourth-order valence-electron chi connectivity index (χ4n) is 1.71. The van der Waals surface area contributed by atoms with Gasteiger partial charge >= 0.3 is 0 Å². The Bertz CT molecular complexity index is 710. The van der Waals surface area contributed by atoms with Crippen LogP contribution in [0, 0.1) is 6.92 Å². The van der Waals surface area contributed by atoms with Crippen LogP contribution in [-0.4, -0.2) is 24.8 Å². The van der Waals surface area contributed by atoms with Gasteiger partial charge in [-0.1, -0.05) is 6.92 Å². The summed E-state index contributed by atoms with van der Waals surface area (Å²) in [6.45, 7) is 4.33. The van der Waals surface area contributed by atoms with Crippen LogP contribution in [0.15, 0.2) is 35.4 Å². The Morgan fingerprint density at radius 2 is 2.10 bits per heavy atom. The van der Waals surface area contributed by atoms with Crippen molar-refractivity contribution < 1.29 is 13.2 Å². The van der Waals surface area contributed by atoms with Crippen LogP contribution in [0.3, 0.4) is 0 Å². The maximum Gasteiger partial charge on any atom is 0.261 e. The topological polar surface area (TPSA) is 61.2 Å². The predicted molar refractivity (Wildman–Crippen MR) is 77.1 cm³/mol. The zero-order valence-corrected chi connectivity index (χ0v) is 12.8. The molecule has 0 radical (unpaired) electrons. The average molecular weight is 315 g/mol. The van der Waals surface area contributed by atoms with Crippen molar-refractivity contribution in [3.8, 4) is 11.4 Å². The molecule has 20 heavy (non-hydrogen) atoms.